The number of aromatic carboxylic acids is 1. The molecule has 7 heteroatoms. The van der Waals surface area contributed by atoms with Crippen LogP contribution in [0, 0.1) is 24.2 Å². The van der Waals surface area contributed by atoms with Gasteiger partial charge in [0.15, 0.2) is 0 Å². The van der Waals surface area contributed by atoms with E-state index in [2.05, 4.69) is 34.1 Å². The molecule has 0 aliphatic carbocycles. The molecule has 1 aromatic heterocycles. The molecule has 1 aromatic carbocycles. The second-order valence-electron chi connectivity index (χ2n) is 6.57. The molecule has 1 fully saturated rings. The van der Waals surface area contributed by atoms with Gasteiger partial charge in [0, 0.05) is 31.9 Å². The monoisotopic (exact) mass is 390 g/mol. The summed E-state index contributed by atoms with van der Waals surface area (Å²) in [7, 11) is 0. The number of piperidine rings is 1. The van der Waals surface area contributed by atoms with Crippen LogP contribution in [0.4, 0.5) is 0 Å². The molecule has 2 heterocycles. The molecule has 29 heavy (non-hydrogen) atoms. The second kappa shape index (κ2) is 10.6. The molecule has 1 amide bonds. The summed E-state index contributed by atoms with van der Waals surface area (Å²) in [5.74, 6) is -1.35. The van der Waals surface area contributed by atoms with Crippen molar-refractivity contribution < 1.29 is 14.7 Å². The predicted molar refractivity (Wildman–Crippen MR) is 108 cm³/mol. The first-order chi connectivity index (χ1) is 14.0. The van der Waals surface area contributed by atoms with Crippen molar-refractivity contribution in [3.63, 3.8) is 0 Å². The lowest BCUT2D eigenvalue weighted by Gasteiger charge is -2.32. The Morgan fingerprint density at radius 1 is 1.17 bits per heavy atom. The van der Waals surface area contributed by atoms with E-state index in [1.54, 1.807) is 0 Å². The molecular formula is C22H22N4O3. The summed E-state index contributed by atoms with van der Waals surface area (Å²) in [6.07, 6.45) is 10.9. The number of carboxylic acid groups (broad SMARTS) is 1. The third-order valence-corrected chi connectivity index (χ3v) is 4.66. The first-order valence-corrected chi connectivity index (χ1v) is 9.10. The summed E-state index contributed by atoms with van der Waals surface area (Å²) in [6.45, 7) is 2.57. The minimum Gasteiger partial charge on any atom is -0.478 e. The number of nitrogens with one attached hydrogen (secondary N) is 1. The van der Waals surface area contributed by atoms with Gasteiger partial charge < -0.3 is 10.4 Å². The lowest BCUT2D eigenvalue weighted by Crippen LogP contribution is -2.44. The molecule has 0 saturated carbocycles. The van der Waals surface area contributed by atoms with Gasteiger partial charge in [0.05, 0.1) is 17.2 Å². The number of amides is 1. The van der Waals surface area contributed by atoms with Crippen LogP contribution < -0.4 is 5.32 Å². The van der Waals surface area contributed by atoms with Gasteiger partial charge in [-0.3, -0.25) is 14.7 Å². The number of nitrogens with zero attached hydrogens (tertiary/aromatic N) is 3. The van der Waals surface area contributed by atoms with E-state index in [0.29, 0.717) is 5.56 Å². The molecule has 1 saturated heterocycles. The minimum atomic E-state index is -1.07. The minimum absolute atomic E-state index is 0.0580. The number of hydrogen-bond donors (Lipinski definition) is 2. The maximum atomic E-state index is 12.3. The number of pyridine rings is 1. The largest absolute Gasteiger partial charge is 0.478 e. The third kappa shape index (κ3) is 6.17. The zero-order valence-electron chi connectivity index (χ0n) is 15.9. The van der Waals surface area contributed by atoms with E-state index < -0.39 is 5.97 Å². The van der Waals surface area contributed by atoms with Crippen LogP contribution in [0.1, 0.15) is 44.8 Å². The van der Waals surface area contributed by atoms with Crippen LogP contribution in [0.3, 0.4) is 0 Å². The maximum Gasteiger partial charge on any atom is 0.337 e. The number of carbonyl (C=O) groups excluding carboxylic acids is 1. The van der Waals surface area contributed by atoms with Crippen LogP contribution in [-0.2, 0) is 6.54 Å². The summed E-state index contributed by atoms with van der Waals surface area (Å²) in [5, 5.41) is 20.7. The highest BCUT2D eigenvalue weighted by molar-refractivity contribution is 5.93. The predicted octanol–water partition coefficient (Wildman–Crippen LogP) is 2.30. The normalized spacial score (nSPS) is 14.1. The van der Waals surface area contributed by atoms with E-state index in [0.717, 1.165) is 32.5 Å². The number of carbonyl (C=O) groups is 2. The molecule has 0 bridgehead atoms. The SMILES string of the molecule is C#C.N#Cc1ccc(CN2CCC(NC(=O)c3ccc(C(=O)O)cn3)CC2)cc1. The van der Waals surface area contributed by atoms with Crippen LogP contribution in [0.15, 0.2) is 42.6 Å². The van der Waals surface area contributed by atoms with Crippen LogP contribution in [0.5, 0.6) is 0 Å². The molecule has 0 unspecified atom stereocenters. The quantitative estimate of drug-likeness (QED) is 0.759. The summed E-state index contributed by atoms with van der Waals surface area (Å²) >= 11 is 0. The maximum absolute atomic E-state index is 12.3. The van der Waals surface area contributed by atoms with Gasteiger partial charge in [-0.15, -0.1) is 12.8 Å². The lowest BCUT2D eigenvalue weighted by molar-refractivity contribution is 0.0695. The number of hydrogen-bond acceptors (Lipinski definition) is 5. The molecule has 0 radical (unpaired) electrons. The Bertz CT molecular complexity index is 890. The molecule has 3 rings (SSSR count). The van der Waals surface area contributed by atoms with Crippen LogP contribution >= 0.6 is 0 Å². The first-order valence-electron chi connectivity index (χ1n) is 9.10. The van der Waals surface area contributed by atoms with Crippen molar-refractivity contribution in [3.8, 4) is 18.9 Å². The summed E-state index contributed by atoms with van der Waals surface area (Å²) in [4.78, 5) is 29.3. The van der Waals surface area contributed by atoms with Crippen LogP contribution in [0.2, 0.25) is 0 Å². The average molecular weight is 390 g/mol. The van der Waals surface area contributed by atoms with Crippen molar-refractivity contribution in [3.05, 3.63) is 65.0 Å². The van der Waals surface area contributed by atoms with Gasteiger partial charge in [0.1, 0.15) is 5.69 Å². The number of rotatable bonds is 5. The highest BCUT2D eigenvalue weighted by Crippen LogP contribution is 2.15. The first kappa shape index (κ1) is 21.6. The van der Waals surface area contributed by atoms with E-state index in [9.17, 15) is 9.59 Å². The average Bonchev–Trinajstić information content (AvgIpc) is 2.77. The fourth-order valence-corrected chi connectivity index (χ4v) is 3.09. The fraction of sp³-hybridized carbons (Fsp3) is 0.273. The Morgan fingerprint density at radius 3 is 2.34 bits per heavy atom. The van der Waals surface area contributed by atoms with E-state index in [4.69, 9.17) is 10.4 Å². The summed E-state index contributed by atoms with van der Waals surface area (Å²) < 4.78 is 0. The van der Waals surface area contributed by atoms with Gasteiger partial charge in [-0.2, -0.15) is 5.26 Å². The summed E-state index contributed by atoms with van der Waals surface area (Å²) in [5.41, 5.74) is 2.10. The van der Waals surface area contributed by atoms with Gasteiger partial charge in [-0.1, -0.05) is 12.1 Å². The van der Waals surface area contributed by atoms with Gasteiger partial charge in [0.2, 0.25) is 0 Å². The molecule has 1 aliphatic rings. The van der Waals surface area contributed by atoms with Gasteiger partial charge in [-0.05, 0) is 42.7 Å². The number of nitriles is 1. The Morgan fingerprint density at radius 2 is 1.83 bits per heavy atom. The van der Waals surface area contributed by atoms with Gasteiger partial charge in [0.25, 0.3) is 5.91 Å². The van der Waals surface area contributed by atoms with E-state index in [1.165, 1.54) is 23.9 Å². The number of likely N-dealkylation sites (tertiary alicyclic amines) is 1. The third-order valence-electron chi connectivity index (χ3n) is 4.66. The standard InChI is InChI=1S/C20H20N4O3.C2H2/c21-11-14-1-3-15(4-2-14)13-24-9-7-17(8-10-24)23-19(25)18-6-5-16(12-22-18)20(26)27;1-2/h1-6,12,17H,7-10,13H2,(H,23,25)(H,26,27);1-2H. The molecular weight excluding hydrogens is 368 g/mol. The Balaban J connectivity index is 0.00000145. The zero-order chi connectivity index (χ0) is 21.2. The number of terminal acetylenes is 1. The van der Waals surface area contributed by atoms with Crippen LogP contribution in [0.25, 0.3) is 0 Å². The molecule has 2 aromatic rings. The number of benzene rings is 1. The molecule has 0 atom stereocenters. The Labute approximate surface area is 170 Å². The number of aromatic nitrogens is 1. The Hall–Kier alpha value is -3.68. The fourth-order valence-electron chi connectivity index (χ4n) is 3.09. The molecule has 1 aliphatic heterocycles. The van der Waals surface area contributed by atoms with Gasteiger partial charge in [-0.25, -0.2) is 4.79 Å². The van der Waals surface area contributed by atoms with Crippen LogP contribution in [-0.4, -0.2) is 46.0 Å². The number of carboxylic acids is 1. The van der Waals surface area contributed by atoms with Crippen molar-refractivity contribution >= 4 is 11.9 Å². The Kier molecular flexibility index (Phi) is 7.90. The molecule has 0 spiro atoms. The van der Waals surface area contributed by atoms with Crippen molar-refractivity contribution in [1.82, 2.24) is 15.2 Å². The van der Waals surface area contributed by atoms with Crippen molar-refractivity contribution in [2.75, 3.05) is 13.1 Å². The van der Waals surface area contributed by atoms with E-state index in [-0.39, 0.29) is 23.2 Å². The summed E-state index contributed by atoms with van der Waals surface area (Å²) in [6, 6.07) is 12.6. The highest BCUT2D eigenvalue weighted by Gasteiger charge is 2.21. The molecule has 2 N–H and O–H groups in total. The second-order valence-corrected chi connectivity index (χ2v) is 6.57. The smallest absolute Gasteiger partial charge is 0.337 e. The zero-order valence-corrected chi connectivity index (χ0v) is 15.9. The topological polar surface area (TPSA) is 106 Å². The molecule has 7 nitrogen and oxygen atoms in total. The van der Waals surface area contributed by atoms with Gasteiger partial charge >= 0.3 is 5.97 Å². The van der Waals surface area contributed by atoms with Crippen molar-refractivity contribution in [2.24, 2.45) is 0 Å². The van der Waals surface area contributed by atoms with E-state index in [1.807, 2.05) is 24.3 Å². The molecule has 148 valence electrons. The van der Waals surface area contributed by atoms with Crippen molar-refractivity contribution in [2.45, 2.75) is 25.4 Å². The lowest BCUT2D eigenvalue weighted by atomic mass is 10.0. The van der Waals surface area contributed by atoms with E-state index >= 15 is 0 Å². The van der Waals surface area contributed by atoms with Crippen molar-refractivity contribution in [1.29, 1.82) is 5.26 Å². The highest BCUT2D eigenvalue weighted by atomic mass is 16.4.